The van der Waals surface area contributed by atoms with Gasteiger partial charge in [-0.05, 0) is 26.7 Å². The summed E-state index contributed by atoms with van der Waals surface area (Å²) in [6, 6.07) is 0. The number of nitrogens with two attached hydrogens (primary N) is 1. The fourth-order valence-corrected chi connectivity index (χ4v) is 3.12. The Bertz CT molecular complexity index is 357. The van der Waals surface area contributed by atoms with Crippen LogP contribution in [0.1, 0.15) is 53.4 Å². The van der Waals surface area contributed by atoms with Gasteiger partial charge in [-0.1, -0.05) is 38.9 Å². The quantitative estimate of drug-likeness (QED) is 0.733. The molecule has 1 heterocycles. The molecule has 0 aromatic heterocycles. The average molecular weight is 314 g/mol. The van der Waals surface area contributed by atoms with Gasteiger partial charge in [-0.25, -0.2) is 0 Å². The van der Waals surface area contributed by atoms with E-state index in [1.165, 1.54) is 0 Å². The van der Waals surface area contributed by atoms with Gasteiger partial charge < -0.3 is 10.6 Å². The first-order valence-corrected chi connectivity index (χ1v) is 8.59. The van der Waals surface area contributed by atoms with Crippen LogP contribution < -0.4 is 5.73 Å². The highest BCUT2D eigenvalue weighted by molar-refractivity contribution is 7.80. The fraction of sp³-hybridized carbons (Fsp3) is 0.875. The van der Waals surface area contributed by atoms with Crippen molar-refractivity contribution < 1.29 is 4.79 Å². The fourth-order valence-electron chi connectivity index (χ4n) is 2.99. The molecule has 0 spiro atoms. The lowest BCUT2D eigenvalue weighted by atomic mass is 9.96. The minimum Gasteiger partial charge on any atom is -0.392 e. The summed E-state index contributed by atoms with van der Waals surface area (Å²) in [5.74, 6) is 0.543. The highest BCUT2D eigenvalue weighted by atomic mass is 32.1. The molecule has 122 valence electrons. The van der Waals surface area contributed by atoms with E-state index in [1.807, 2.05) is 4.90 Å². The van der Waals surface area contributed by atoms with Crippen LogP contribution in [-0.2, 0) is 4.79 Å². The van der Waals surface area contributed by atoms with Gasteiger partial charge in [0.2, 0.25) is 5.91 Å². The van der Waals surface area contributed by atoms with Gasteiger partial charge in [0.15, 0.2) is 0 Å². The molecule has 4 nitrogen and oxygen atoms in total. The Balaban J connectivity index is 2.59. The predicted molar refractivity (Wildman–Crippen MR) is 92.3 cm³/mol. The van der Waals surface area contributed by atoms with E-state index in [1.54, 1.807) is 0 Å². The molecule has 0 radical (unpaired) electrons. The molecule has 21 heavy (non-hydrogen) atoms. The molecule has 2 N–H and O–H groups in total. The van der Waals surface area contributed by atoms with Crippen LogP contribution in [0.2, 0.25) is 0 Å². The topological polar surface area (TPSA) is 49.6 Å². The molecule has 1 amide bonds. The molecule has 0 unspecified atom stereocenters. The summed E-state index contributed by atoms with van der Waals surface area (Å²) >= 11 is 5.16. The zero-order valence-electron chi connectivity index (χ0n) is 14.0. The van der Waals surface area contributed by atoms with Gasteiger partial charge >= 0.3 is 0 Å². The lowest BCUT2D eigenvalue weighted by Gasteiger charge is -2.44. The van der Waals surface area contributed by atoms with Crippen LogP contribution >= 0.6 is 12.2 Å². The first-order valence-electron chi connectivity index (χ1n) is 8.18. The number of nitrogens with zero attached hydrogens (tertiary/aromatic N) is 2. The predicted octanol–water partition coefficient (Wildman–Crippen LogP) is 2.41. The first-order chi connectivity index (χ1) is 9.84. The summed E-state index contributed by atoms with van der Waals surface area (Å²) in [7, 11) is 0. The number of hydrogen-bond donors (Lipinski definition) is 1. The zero-order valence-corrected chi connectivity index (χ0v) is 14.8. The summed E-state index contributed by atoms with van der Waals surface area (Å²) in [5.41, 5.74) is 5.56. The van der Waals surface area contributed by atoms with Crippen molar-refractivity contribution in [2.45, 2.75) is 58.9 Å². The maximum absolute atomic E-state index is 12.6. The normalized spacial score (nSPS) is 17.3. The Morgan fingerprint density at radius 3 is 2.00 bits per heavy atom. The summed E-state index contributed by atoms with van der Waals surface area (Å²) in [6.07, 6.45) is 4.16. The van der Waals surface area contributed by atoms with E-state index >= 15 is 0 Å². The van der Waals surface area contributed by atoms with Gasteiger partial charge in [-0.3, -0.25) is 9.69 Å². The maximum atomic E-state index is 12.6. The molecule has 0 bridgehead atoms. The second kappa shape index (κ2) is 8.08. The smallest absolute Gasteiger partial charge is 0.225 e. The minimum atomic E-state index is -0.267. The van der Waals surface area contributed by atoms with E-state index in [0.29, 0.717) is 10.9 Å². The van der Waals surface area contributed by atoms with Gasteiger partial charge in [0.05, 0.1) is 10.5 Å². The van der Waals surface area contributed by atoms with Crippen LogP contribution in [0.15, 0.2) is 0 Å². The van der Waals surface area contributed by atoms with E-state index in [4.69, 9.17) is 18.0 Å². The number of hydrogen-bond acceptors (Lipinski definition) is 3. The molecule has 0 aromatic carbocycles. The Labute approximate surface area is 135 Å². The van der Waals surface area contributed by atoms with E-state index in [9.17, 15) is 4.79 Å². The van der Waals surface area contributed by atoms with Crippen LogP contribution in [-0.4, -0.2) is 52.4 Å². The lowest BCUT2D eigenvalue weighted by molar-refractivity contribution is -0.138. The van der Waals surface area contributed by atoms with Gasteiger partial charge in [-0.2, -0.15) is 0 Å². The first kappa shape index (κ1) is 18.4. The summed E-state index contributed by atoms with van der Waals surface area (Å²) in [4.78, 5) is 17.5. The third-order valence-corrected chi connectivity index (χ3v) is 5.11. The van der Waals surface area contributed by atoms with Gasteiger partial charge in [-0.15, -0.1) is 0 Å². The second-order valence-electron chi connectivity index (χ2n) is 6.51. The van der Waals surface area contributed by atoms with Crippen molar-refractivity contribution in [3.63, 3.8) is 0 Å². The van der Waals surface area contributed by atoms with E-state index in [2.05, 4.69) is 32.6 Å². The van der Waals surface area contributed by atoms with Gasteiger partial charge in [0, 0.05) is 32.1 Å². The van der Waals surface area contributed by atoms with Gasteiger partial charge in [0.1, 0.15) is 0 Å². The Morgan fingerprint density at radius 2 is 1.62 bits per heavy atom. The molecule has 1 fully saturated rings. The molecule has 0 atom stereocenters. The largest absolute Gasteiger partial charge is 0.392 e. The summed E-state index contributed by atoms with van der Waals surface area (Å²) in [5, 5.41) is 0. The van der Waals surface area contributed by atoms with Crippen molar-refractivity contribution in [2.75, 3.05) is 26.2 Å². The van der Waals surface area contributed by atoms with Crippen LogP contribution in [0.3, 0.4) is 0 Å². The highest BCUT2D eigenvalue weighted by Crippen LogP contribution is 2.21. The molecule has 5 heteroatoms. The van der Waals surface area contributed by atoms with E-state index in [-0.39, 0.29) is 11.5 Å². The molecule has 1 saturated heterocycles. The molecule has 1 aliphatic heterocycles. The Morgan fingerprint density at radius 1 is 1.14 bits per heavy atom. The summed E-state index contributed by atoms with van der Waals surface area (Å²) < 4.78 is 0. The maximum Gasteiger partial charge on any atom is 0.225 e. The molecular weight excluding hydrogens is 282 g/mol. The van der Waals surface area contributed by atoms with Crippen LogP contribution in [0.5, 0.6) is 0 Å². The Hall–Kier alpha value is -0.680. The zero-order chi connectivity index (χ0) is 16.0. The third-order valence-electron chi connectivity index (χ3n) is 4.61. The standard InChI is InChI=1S/C16H31N3OS/c1-5-7-13(8-6-2)14(20)18-9-11-19(12-10-18)16(3,4)15(17)21/h13H,5-12H2,1-4H3,(H2,17,21). The SMILES string of the molecule is CCCC(CCC)C(=O)N1CCN(C(C)(C)C(N)=S)CC1. The van der Waals surface area contributed by atoms with E-state index < -0.39 is 0 Å². The van der Waals surface area contributed by atoms with Crippen molar-refractivity contribution in [2.24, 2.45) is 11.7 Å². The van der Waals surface area contributed by atoms with Crippen LogP contribution in [0.25, 0.3) is 0 Å². The average Bonchev–Trinajstić information content (AvgIpc) is 2.46. The lowest BCUT2D eigenvalue weighted by Crippen LogP contribution is -2.60. The van der Waals surface area contributed by atoms with Crippen molar-refractivity contribution in [1.29, 1.82) is 0 Å². The van der Waals surface area contributed by atoms with Crippen molar-refractivity contribution in [3.8, 4) is 0 Å². The second-order valence-corrected chi connectivity index (χ2v) is 6.95. The number of carbonyl (C=O) groups excluding carboxylic acids is 1. The molecule has 1 rings (SSSR count). The molecule has 1 aliphatic rings. The van der Waals surface area contributed by atoms with Gasteiger partial charge in [0.25, 0.3) is 0 Å². The third kappa shape index (κ3) is 4.65. The number of rotatable bonds is 7. The molecular formula is C16H31N3OS. The highest BCUT2D eigenvalue weighted by Gasteiger charge is 2.34. The summed E-state index contributed by atoms with van der Waals surface area (Å²) in [6.45, 7) is 11.7. The van der Waals surface area contributed by atoms with Crippen molar-refractivity contribution in [3.05, 3.63) is 0 Å². The monoisotopic (exact) mass is 313 g/mol. The minimum absolute atomic E-state index is 0.204. The van der Waals surface area contributed by atoms with Crippen LogP contribution in [0.4, 0.5) is 0 Å². The van der Waals surface area contributed by atoms with Crippen molar-refractivity contribution >= 4 is 23.1 Å². The Kier molecular flexibility index (Phi) is 7.07. The van der Waals surface area contributed by atoms with Crippen molar-refractivity contribution in [1.82, 2.24) is 9.80 Å². The molecule has 0 aromatic rings. The molecule has 0 saturated carbocycles. The number of carbonyl (C=O) groups is 1. The number of thiocarbonyl (C=S) groups is 1. The number of piperazine rings is 1. The molecule has 0 aliphatic carbocycles. The number of amides is 1. The van der Waals surface area contributed by atoms with Crippen LogP contribution in [0, 0.1) is 5.92 Å². The van der Waals surface area contributed by atoms with E-state index in [0.717, 1.165) is 51.9 Å².